The first kappa shape index (κ1) is 15.1. The quantitative estimate of drug-likeness (QED) is 0.291. The smallest absolute Gasteiger partial charge is 0.418 e. The van der Waals surface area contributed by atoms with Crippen LogP contribution in [0.5, 0.6) is 0 Å². The molecule has 1 aromatic heterocycles. The molecule has 0 spiro atoms. The van der Waals surface area contributed by atoms with E-state index in [-0.39, 0.29) is 0 Å². The van der Waals surface area contributed by atoms with Crippen LogP contribution in [0.4, 0.5) is 23.0 Å². The number of pyridine rings is 1. The Morgan fingerprint density at radius 1 is 0.810 bits per heavy atom. The molecule has 0 aliphatic heterocycles. The second kappa shape index (κ2) is 5.59. The number of para-hydroxylation sites is 2. The molecule has 3 rings (SSSR count). The zero-order valence-electron chi connectivity index (χ0n) is 11.2. The van der Waals surface area contributed by atoms with Crippen LogP contribution >= 0.6 is 0 Å². The number of nitrogen functional groups attached to an aromatic ring is 1. The number of benzene rings is 2. The van der Waals surface area contributed by atoms with Gasteiger partial charge in [-0.25, -0.2) is 0 Å². The van der Waals surface area contributed by atoms with E-state index in [2.05, 4.69) is 35.9 Å². The van der Waals surface area contributed by atoms with Gasteiger partial charge in [-0.1, -0.05) is 24.3 Å². The summed E-state index contributed by atoms with van der Waals surface area (Å²) < 4.78 is 41.2. The number of hydrogen-bond donors (Lipinski definition) is 1. The fourth-order valence-corrected chi connectivity index (χ4v) is 2.26. The minimum absolute atomic E-state index is 0.865. The molecule has 0 radical (unpaired) electrons. The molecule has 0 unspecified atom stereocenters. The van der Waals surface area contributed by atoms with Crippen molar-refractivity contribution in [2.45, 2.75) is 0 Å². The van der Waals surface area contributed by atoms with E-state index in [1.54, 1.807) is 0 Å². The van der Waals surface area contributed by atoms with Crippen molar-refractivity contribution < 1.29 is 21.8 Å². The number of rotatable bonds is 0. The van der Waals surface area contributed by atoms with Gasteiger partial charge < -0.3 is 23.0 Å². The third kappa shape index (κ3) is 3.42. The predicted octanol–water partition coefficient (Wildman–Crippen LogP) is 3.70. The van der Waals surface area contributed by atoms with Crippen LogP contribution in [0.3, 0.4) is 0 Å². The summed E-state index contributed by atoms with van der Waals surface area (Å²) >= 11 is 0. The summed E-state index contributed by atoms with van der Waals surface area (Å²) in [6.45, 7) is 0. The zero-order chi connectivity index (χ0) is 15.6. The molecular formula is C14H13BF4N2. The lowest BCUT2D eigenvalue weighted by atomic mass is 10.1. The molecular weight excluding hydrogens is 283 g/mol. The van der Waals surface area contributed by atoms with Gasteiger partial charge in [0.1, 0.15) is 7.05 Å². The second-order valence-corrected chi connectivity index (χ2v) is 4.50. The Kier molecular flexibility index (Phi) is 4.02. The number of aryl methyl sites for hydroxylation is 1. The van der Waals surface area contributed by atoms with Gasteiger partial charge in [-0.3, -0.25) is 0 Å². The number of nitrogens with two attached hydrogens (primary N) is 1. The van der Waals surface area contributed by atoms with Gasteiger partial charge >= 0.3 is 7.25 Å². The second-order valence-electron chi connectivity index (χ2n) is 4.50. The molecule has 2 aromatic carbocycles. The van der Waals surface area contributed by atoms with E-state index in [0.717, 1.165) is 16.5 Å². The standard InChI is InChI=1S/C14H12N2.BF4/c1-16-12-8-4-2-6-10(12)14(15)11-7-3-5-9-13(11)16;2-1(3,4)5/h2-9,15H,1H3;/q;-1/p+1. The highest BCUT2D eigenvalue weighted by Gasteiger charge is 2.20. The van der Waals surface area contributed by atoms with Crippen LogP contribution < -0.4 is 10.3 Å². The van der Waals surface area contributed by atoms with Crippen molar-refractivity contribution >= 4 is 34.7 Å². The molecule has 0 saturated carbocycles. The Bertz CT molecular complexity index is 664. The number of fused-ring (bicyclic) bond motifs is 2. The van der Waals surface area contributed by atoms with E-state index >= 15 is 0 Å². The highest BCUT2D eigenvalue weighted by atomic mass is 19.5. The summed E-state index contributed by atoms with van der Waals surface area (Å²) in [5.41, 5.74) is 9.41. The minimum atomic E-state index is -6.00. The maximum absolute atomic E-state index is 9.75. The SMILES string of the molecule is C[n+]1c2ccccc2c(N)c2ccccc21.F[B-](F)(F)F. The molecule has 110 valence electrons. The largest absolute Gasteiger partial charge is 0.673 e. The van der Waals surface area contributed by atoms with E-state index in [0.29, 0.717) is 0 Å². The third-order valence-corrected chi connectivity index (χ3v) is 3.11. The molecule has 0 fully saturated rings. The third-order valence-electron chi connectivity index (χ3n) is 3.11. The number of anilines is 1. The highest BCUT2D eigenvalue weighted by Crippen LogP contribution is 2.25. The lowest BCUT2D eigenvalue weighted by Gasteiger charge is -2.05. The molecule has 2 N–H and O–H groups in total. The lowest BCUT2D eigenvalue weighted by Crippen LogP contribution is -2.30. The van der Waals surface area contributed by atoms with Gasteiger partial charge in [0, 0.05) is 12.1 Å². The molecule has 1 heterocycles. The van der Waals surface area contributed by atoms with Gasteiger partial charge in [0.25, 0.3) is 0 Å². The first-order valence-corrected chi connectivity index (χ1v) is 6.21. The van der Waals surface area contributed by atoms with E-state index in [1.165, 1.54) is 11.0 Å². The molecule has 0 amide bonds. The normalized spacial score (nSPS) is 11.3. The fraction of sp³-hybridized carbons (Fsp3) is 0.0714. The number of halogens is 4. The van der Waals surface area contributed by atoms with Crippen molar-refractivity contribution in [3.63, 3.8) is 0 Å². The highest BCUT2D eigenvalue weighted by molar-refractivity contribution is 6.50. The molecule has 7 heteroatoms. The van der Waals surface area contributed by atoms with Crippen molar-refractivity contribution in [2.75, 3.05) is 5.73 Å². The van der Waals surface area contributed by atoms with E-state index < -0.39 is 7.25 Å². The van der Waals surface area contributed by atoms with Crippen molar-refractivity contribution in [3.8, 4) is 0 Å². The summed E-state index contributed by atoms with van der Waals surface area (Å²) in [6, 6.07) is 16.4. The van der Waals surface area contributed by atoms with Crippen LogP contribution in [0.25, 0.3) is 21.8 Å². The summed E-state index contributed by atoms with van der Waals surface area (Å²) in [5, 5.41) is 2.23. The lowest BCUT2D eigenvalue weighted by molar-refractivity contribution is -0.617. The van der Waals surface area contributed by atoms with Gasteiger partial charge in [-0.2, -0.15) is 4.57 Å². The summed E-state index contributed by atoms with van der Waals surface area (Å²) in [4.78, 5) is 0. The molecule has 0 aliphatic rings. The van der Waals surface area contributed by atoms with Crippen LogP contribution in [0.2, 0.25) is 0 Å². The molecule has 0 bridgehead atoms. The van der Waals surface area contributed by atoms with Crippen LogP contribution in [0.15, 0.2) is 48.5 Å². The molecule has 0 aliphatic carbocycles. The van der Waals surface area contributed by atoms with E-state index in [1.807, 2.05) is 24.3 Å². The van der Waals surface area contributed by atoms with Gasteiger partial charge in [0.15, 0.2) is 0 Å². The maximum atomic E-state index is 9.75. The molecule has 0 saturated heterocycles. The number of nitrogens with zero attached hydrogens (tertiary/aromatic N) is 1. The summed E-state index contributed by atoms with van der Waals surface area (Å²) in [5.74, 6) is 0. The van der Waals surface area contributed by atoms with Crippen LogP contribution in [0.1, 0.15) is 0 Å². The van der Waals surface area contributed by atoms with Gasteiger partial charge in [0.05, 0.1) is 16.5 Å². The fourth-order valence-electron chi connectivity index (χ4n) is 2.26. The van der Waals surface area contributed by atoms with Crippen LogP contribution in [-0.2, 0) is 7.05 Å². The maximum Gasteiger partial charge on any atom is 0.673 e. The molecule has 2 nitrogen and oxygen atoms in total. The van der Waals surface area contributed by atoms with E-state index in [4.69, 9.17) is 5.73 Å². The van der Waals surface area contributed by atoms with Crippen LogP contribution in [-0.4, -0.2) is 7.25 Å². The summed E-state index contributed by atoms with van der Waals surface area (Å²) in [6.07, 6.45) is 0. The Hall–Kier alpha value is -2.31. The Labute approximate surface area is 118 Å². The Balaban J connectivity index is 0.000000282. The first-order chi connectivity index (χ1) is 9.79. The first-order valence-electron chi connectivity index (χ1n) is 6.21. The average molecular weight is 296 g/mol. The topological polar surface area (TPSA) is 29.9 Å². The predicted molar refractivity (Wildman–Crippen MR) is 77.2 cm³/mol. The monoisotopic (exact) mass is 296 g/mol. The van der Waals surface area contributed by atoms with Gasteiger partial charge in [-0.05, 0) is 12.1 Å². The average Bonchev–Trinajstić information content (AvgIpc) is 2.43. The minimum Gasteiger partial charge on any atom is -0.418 e. The van der Waals surface area contributed by atoms with Gasteiger partial charge in [0.2, 0.25) is 11.0 Å². The molecule has 0 atom stereocenters. The van der Waals surface area contributed by atoms with Crippen molar-refractivity contribution in [3.05, 3.63) is 48.5 Å². The van der Waals surface area contributed by atoms with Gasteiger partial charge in [-0.15, -0.1) is 0 Å². The number of aromatic nitrogens is 1. The zero-order valence-corrected chi connectivity index (χ0v) is 11.2. The molecule has 21 heavy (non-hydrogen) atoms. The summed E-state index contributed by atoms with van der Waals surface area (Å²) in [7, 11) is -3.93. The number of hydrogen-bond acceptors (Lipinski definition) is 1. The van der Waals surface area contributed by atoms with Crippen molar-refractivity contribution in [1.82, 2.24) is 0 Å². The van der Waals surface area contributed by atoms with E-state index in [9.17, 15) is 17.3 Å². The Morgan fingerprint density at radius 2 is 1.14 bits per heavy atom. The van der Waals surface area contributed by atoms with Crippen LogP contribution in [0, 0.1) is 0 Å². The van der Waals surface area contributed by atoms with Crippen molar-refractivity contribution in [2.24, 2.45) is 7.05 Å². The molecule has 3 aromatic rings. The Morgan fingerprint density at radius 3 is 1.52 bits per heavy atom. The van der Waals surface area contributed by atoms with Crippen molar-refractivity contribution in [1.29, 1.82) is 0 Å².